The Hall–Kier alpha value is -1.19. The van der Waals surface area contributed by atoms with Gasteiger partial charge in [0.1, 0.15) is 4.88 Å². The minimum Gasteiger partial charge on any atom is -0.459 e. The molecule has 0 aliphatic rings. The van der Waals surface area contributed by atoms with E-state index in [4.69, 9.17) is 4.74 Å². The first-order valence-corrected chi connectivity index (χ1v) is 7.78. The number of thiazole rings is 1. The molecule has 1 aromatic heterocycles. The Bertz CT molecular complexity index is 563. The van der Waals surface area contributed by atoms with Gasteiger partial charge >= 0.3 is 16.2 Å². The van der Waals surface area contributed by atoms with Crippen molar-refractivity contribution in [1.82, 2.24) is 9.29 Å². The highest BCUT2D eigenvalue weighted by Gasteiger charge is 2.21. The van der Waals surface area contributed by atoms with E-state index in [-0.39, 0.29) is 11.2 Å². The summed E-state index contributed by atoms with van der Waals surface area (Å²) in [6.07, 6.45) is -0.240. The maximum atomic E-state index is 11.7. The van der Waals surface area contributed by atoms with Crippen molar-refractivity contribution in [1.29, 1.82) is 0 Å². The fraction of sp³-hybridized carbons (Fsp3) is 0.600. The molecule has 1 aromatic rings. The summed E-state index contributed by atoms with van der Waals surface area (Å²) in [5.41, 5.74) is 0.437. The highest BCUT2D eigenvalue weighted by Crippen LogP contribution is 2.24. The van der Waals surface area contributed by atoms with Gasteiger partial charge in [0.05, 0.1) is 11.8 Å². The fourth-order valence-electron chi connectivity index (χ4n) is 1.10. The summed E-state index contributed by atoms with van der Waals surface area (Å²) in [6.45, 7) is 5.11. The SMILES string of the molecule is Cc1nc(NS(=O)(=O)N(C)C)sc1C(=O)OC(C)C. The van der Waals surface area contributed by atoms with Crippen LogP contribution in [0.1, 0.15) is 29.2 Å². The molecular formula is C10H17N3O4S2. The highest BCUT2D eigenvalue weighted by atomic mass is 32.2. The summed E-state index contributed by atoms with van der Waals surface area (Å²) >= 11 is 0.951. The number of aromatic nitrogens is 1. The second-order valence-electron chi connectivity index (χ2n) is 4.28. The van der Waals surface area contributed by atoms with Crippen LogP contribution in [0.3, 0.4) is 0 Å². The minimum absolute atomic E-state index is 0.141. The van der Waals surface area contributed by atoms with Gasteiger partial charge in [0.25, 0.3) is 0 Å². The highest BCUT2D eigenvalue weighted by molar-refractivity contribution is 7.90. The zero-order valence-electron chi connectivity index (χ0n) is 11.4. The van der Waals surface area contributed by atoms with E-state index < -0.39 is 16.2 Å². The van der Waals surface area contributed by atoms with Crippen LogP contribution in [-0.4, -0.2) is 43.9 Å². The number of ether oxygens (including phenoxy) is 1. The third kappa shape index (κ3) is 4.15. The summed E-state index contributed by atoms with van der Waals surface area (Å²) in [5, 5.41) is 0.141. The number of nitrogens with zero attached hydrogens (tertiary/aromatic N) is 2. The molecule has 108 valence electrons. The molecule has 9 heteroatoms. The van der Waals surface area contributed by atoms with E-state index in [2.05, 4.69) is 9.71 Å². The number of carbonyl (C=O) groups excluding carboxylic acids is 1. The zero-order valence-corrected chi connectivity index (χ0v) is 13.1. The van der Waals surface area contributed by atoms with Crippen LogP contribution in [0, 0.1) is 6.92 Å². The van der Waals surface area contributed by atoms with Gasteiger partial charge in [-0.3, -0.25) is 0 Å². The van der Waals surface area contributed by atoms with E-state index >= 15 is 0 Å². The average Bonchev–Trinajstić information content (AvgIpc) is 2.57. The minimum atomic E-state index is -3.62. The first kappa shape index (κ1) is 15.9. The second-order valence-corrected chi connectivity index (χ2v) is 7.16. The van der Waals surface area contributed by atoms with Gasteiger partial charge in [0.15, 0.2) is 5.13 Å². The quantitative estimate of drug-likeness (QED) is 0.827. The van der Waals surface area contributed by atoms with Crippen molar-refractivity contribution < 1.29 is 17.9 Å². The first-order valence-electron chi connectivity index (χ1n) is 5.52. The number of nitrogens with one attached hydrogen (secondary N) is 1. The van der Waals surface area contributed by atoms with Crippen LogP contribution in [-0.2, 0) is 14.9 Å². The number of aryl methyl sites for hydroxylation is 1. The van der Waals surface area contributed by atoms with E-state index in [1.54, 1.807) is 20.8 Å². The topological polar surface area (TPSA) is 88.6 Å². The number of esters is 1. The number of anilines is 1. The monoisotopic (exact) mass is 307 g/mol. The molecule has 0 aliphatic heterocycles. The number of rotatable bonds is 5. The van der Waals surface area contributed by atoms with Gasteiger partial charge in [-0.1, -0.05) is 11.3 Å². The smallest absolute Gasteiger partial charge is 0.350 e. The summed E-state index contributed by atoms with van der Waals surface area (Å²) < 4.78 is 31.6. The average molecular weight is 307 g/mol. The van der Waals surface area contributed by atoms with E-state index in [0.29, 0.717) is 10.6 Å². The number of carbonyl (C=O) groups is 1. The maximum absolute atomic E-state index is 11.7. The van der Waals surface area contributed by atoms with Gasteiger partial charge < -0.3 is 4.74 Å². The Kier molecular flexibility index (Phi) is 4.88. The first-order chi connectivity index (χ1) is 8.63. The van der Waals surface area contributed by atoms with Crippen LogP contribution in [0.25, 0.3) is 0 Å². The van der Waals surface area contributed by atoms with Crippen LogP contribution >= 0.6 is 11.3 Å². The molecule has 0 aliphatic carbocycles. The number of hydrogen-bond donors (Lipinski definition) is 1. The van der Waals surface area contributed by atoms with Gasteiger partial charge in [-0.05, 0) is 20.8 Å². The fourth-order valence-corrected chi connectivity index (χ4v) is 2.73. The molecule has 0 saturated heterocycles. The molecule has 1 N–H and O–H groups in total. The summed E-state index contributed by atoms with van der Waals surface area (Å²) in [7, 11) is -0.825. The molecule has 7 nitrogen and oxygen atoms in total. The van der Waals surface area contributed by atoms with Crippen molar-refractivity contribution in [3.63, 3.8) is 0 Å². The molecule has 0 fully saturated rings. The lowest BCUT2D eigenvalue weighted by Crippen LogP contribution is -2.28. The largest absolute Gasteiger partial charge is 0.459 e. The van der Waals surface area contributed by atoms with Crippen LogP contribution in [0.2, 0.25) is 0 Å². The third-order valence-corrected chi connectivity index (χ3v) is 4.62. The molecule has 1 rings (SSSR count). The standard InChI is InChI=1S/C10H17N3O4S2/c1-6(2)17-9(14)8-7(3)11-10(18-8)12-19(15,16)13(4)5/h6H,1-5H3,(H,11,12). The molecule has 0 aromatic carbocycles. The lowest BCUT2D eigenvalue weighted by molar-refractivity contribution is 0.0382. The van der Waals surface area contributed by atoms with E-state index in [1.165, 1.54) is 14.1 Å². The van der Waals surface area contributed by atoms with Crippen molar-refractivity contribution in [2.75, 3.05) is 18.8 Å². The molecule has 0 amide bonds. The number of hydrogen-bond acceptors (Lipinski definition) is 6. The van der Waals surface area contributed by atoms with Gasteiger partial charge in [-0.15, -0.1) is 0 Å². The van der Waals surface area contributed by atoms with Crippen molar-refractivity contribution in [3.8, 4) is 0 Å². The molecule has 0 atom stereocenters. The molecule has 0 radical (unpaired) electrons. The van der Waals surface area contributed by atoms with E-state index in [9.17, 15) is 13.2 Å². The molecule has 0 saturated carbocycles. The zero-order chi connectivity index (χ0) is 14.8. The third-order valence-electron chi connectivity index (χ3n) is 2.02. The van der Waals surface area contributed by atoms with Crippen molar-refractivity contribution in [3.05, 3.63) is 10.6 Å². The van der Waals surface area contributed by atoms with Gasteiger partial charge in [-0.2, -0.15) is 12.7 Å². The molecule has 0 spiro atoms. The normalized spacial score (nSPS) is 11.9. The van der Waals surface area contributed by atoms with Gasteiger partial charge in [-0.25, -0.2) is 14.5 Å². The lowest BCUT2D eigenvalue weighted by atomic mass is 10.4. The predicted molar refractivity (Wildman–Crippen MR) is 73.6 cm³/mol. The molecule has 19 heavy (non-hydrogen) atoms. The molecule has 1 heterocycles. The predicted octanol–water partition coefficient (Wildman–Crippen LogP) is 1.24. The summed E-state index contributed by atoms with van der Waals surface area (Å²) in [4.78, 5) is 16.1. The van der Waals surface area contributed by atoms with Crippen LogP contribution in [0.5, 0.6) is 0 Å². The van der Waals surface area contributed by atoms with Gasteiger partial charge in [0, 0.05) is 14.1 Å². The van der Waals surface area contributed by atoms with Crippen molar-refractivity contribution in [2.45, 2.75) is 26.9 Å². The maximum Gasteiger partial charge on any atom is 0.350 e. The van der Waals surface area contributed by atoms with Crippen LogP contribution in [0.4, 0.5) is 5.13 Å². The van der Waals surface area contributed by atoms with Gasteiger partial charge in [0.2, 0.25) is 0 Å². The van der Waals surface area contributed by atoms with Crippen LogP contribution in [0.15, 0.2) is 0 Å². The Morgan fingerprint density at radius 2 is 2.00 bits per heavy atom. The Labute approximate surface area is 116 Å². The lowest BCUT2D eigenvalue weighted by Gasteiger charge is -2.10. The Morgan fingerprint density at radius 3 is 2.47 bits per heavy atom. The van der Waals surface area contributed by atoms with Crippen molar-refractivity contribution in [2.24, 2.45) is 0 Å². The molecular weight excluding hydrogens is 290 g/mol. The van der Waals surface area contributed by atoms with E-state index in [0.717, 1.165) is 15.6 Å². The van der Waals surface area contributed by atoms with Crippen molar-refractivity contribution >= 4 is 32.6 Å². The Balaban J connectivity index is 2.95. The van der Waals surface area contributed by atoms with E-state index in [1.807, 2.05) is 0 Å². The molecule has 0 bridgehead atoms. The van der Waals surface area contributed by atoms with Crippen LogP contribution < -0.4 is 4.72 Å². The summed E-state index contributed by atoms with van der Waals surface area (Å²) in [5.74, 6) is -0.500. The molecule has 0 unspecified atom stereocenters. The summed E-state index contributed by atoms with van der Waals surface area (Å²) in [6, 6.07) is 0. The Morgan fingerprint density at radius 1 is 1.42 bits per heavy atom. The second kappa shape index (κ2) is 5.85.